The monoisotopic (exact) mass is 484 g/mol. The fraction of sp³-hybridized carbons (Fsp3) is 0.200. The SMILES string of the molecule is CCn1c(C(=O)O)nn(-c2ccc(C(=O)Nc3c(F)cccc3Cl)c(OCC(F)F)c2)c1=O. The molecule has 1 aromatic heterocycles. The average Bonchev–Trinajstić information content (AvgIpc) is 3.11. The Bertz CT molecular complexity index is 1250. The van der Waals surface area contributed by atoms with Crippen molar-refractivity contribution in [2.45, 2.75) is 19.9 Å². The van der Waals surface area contributed by atoms with Gasteiger partial charge in [-0.1, -0.05) is 17.7 Å². The zero-order valence-corrected chi connectivity index (χ0v) is 17.6. The molecular weight excluding hydrogens is 469 g/mol. The lowest BCUT2D eigenvalue weighted by Gasteiger charge is -2.14. The largest absolute Gasteiger partial charge is 0.487 e. The van der Waals surface area contributed by atoms with Gasteiger partial charge in [0.2, 0.25) is 5.82 Å². The summed E-state index contributed by atoms with van der Waals surface area (Å²) < 4.78 is 46.2. The van der Waals surface area contributed by atoms with Gasteiger partial charge in [-0.05, 0) is 31.2 Å². The second-order valence-corrected chi connectivity index (χ2v) is 6.91. The van der Waals surface area contributed by atoms with E-state index < -0.39 is 42.2 Å². The topological polar surface area (TPSA) is 115 Å². The minimum atomic E-state index is -2.88. The van der Waals surface area contributed by atoms with E-state index in [-0.39, 0.29) is 34.3 Å². The van der Waals surface area contributed by atoms with Crippen molar-refractivity contribution in [3.63, 3.8) is 0 Å². The molecule has 3 rings (SSSR count). The number of nitrogens with zero attached hydrogens (tertiary/aromatic N) is 3. The van der Waals surface area contributed by atoms with Crippen molar-refractivity contribution >= 4 is 29.2 Å². The van der Waals surface area contributed by atoms with Gasteiger partial charge in [0.25, 0.3) is 12.3 Å². The van der Waals surface area contributed by atoms with Gasteiger partial charge in [-0.3, -0.25) is 9.36 Å². The number of benzene rings is 2. The van der Waals surface area contributed by atoms with Gasteiger partial charge in [0.1, 0.15) is 18.2 Å². The number of para-hydroxylation sites is 1. The second kappa shape index (κ2) is 9.77. The molecule has 0 radical (unpaired) electrons. The molecule has 0 saturated heterocycles. The van der Waals surface area contributed by atoms with Crippen LogP contribution in [0.1, 0.15) is 27.9 Å². The molecule has 13 heteroatoms. The molecule has 2 aromatic carbocycles. The van der Waals surface area contributed by atoms with Gasteiger partial charge < -0.3 is 15.2 Å². The predicted molar refractivity (Wildman–Crippen MR) is 111 cm³/mol. The number of anilines is 1. The average molecular weight is 485 g/mol. The number of aromatic carboxylic acids is 1. The van der Waals surface area contributed by atoms with Gasteiger partial charge in [-0.25, -0.2) is 22.8 Å². The highest BCUT2D eigenvalue weighted by molar-refractivity contribution is 6.34. The third-order valence-electron chi connectivity index (χ3n) is 4.39. The number of carbonyl (C=O) groups excluding carboxylic acids is 1. The smallest absolute Gasteiger partial charge is 0.374 e. The Morgan fingerprint density at radius 2 is 2.00 bits per heavy atom. The van der Waals surface area contributed by atoms with Crippen LogP contribution in [0, 0.1) is 5.82 Å². The molecule has 0 unspecified atom stereocenters. The fourth-order valence-electron chi connectivity index (χ4n) is 2.91. The van der Waals surface area contributed by atoms with Gasteiger partial charge in [0.15, 0.2) is 0 Å². The Hall–Kier alpha value is -3.80. The van der Waals surface area contributed by atoms with Crippen LogP contribution in [0.3, 0.4) is 0 Å². The number of carbonyl (C=O) groups is 2. The number of rotatable bonds is 8. The minimum Gasteiger partial charge on any atom is -0.487 e. The number of hydrogen-bond acceptors (Lipinski definition) is 5. The number of hydrogen-bond donors (Lipinski definition) is 2. The summed E-state index contributed by atoms with van der Waals surface area (Å²) in [7, 11) is 0. The standard InChI is InChI=1S/C20H16ClF3N4O5/c1-2-27-17(19(30)31)26-28(20(27)32)10-6-7-11(14(8-10)33-9-15(23)24)18(29)25-16-12(21)4-3-5-13(16)22/h3-8,15H,2,9H2,1H3,(H,25,29)(H,30,31). The molecule has 174 valence electrons. The molecule has 3 aromatic rings. The van der Waals surface area contributed by atoms with E-state index in [4.69, 9.17) is 16.3 Å². The van der Waals surface area contributed by atoms with Crippen molar-refractivity contribution < 1.29 is 32.6 Å². The van der Waals surface area contributed by atoms with E-state index >= 15 is 0 Å². The van der Waals surface area contributed by atoms with Crippen molar-refractivity contribution in [2.75, 3.05) is 11.9 Å². The Kier molecular flexibility index (Phi) is 7.07. The van der Waals surface area contributed by atoms with Crippen LogP contribution in [-0.4, -0.2) is 44.4 Å². The maximum Gasteiger partial charge on any atom is 0.374 e. The van der Waals surface area contributed by atoms with Gasteiger partial charge in [0, 0.05) is 12.6 Å². The third-order valence-corrected chi connectivity index (χ3v) is 4.71. The Balaban J connectivity index is 2.06. The number of ether oxygens (including phenoxy) is 1. The summed E-state index contributed by atoms with van der Waals surface area (Å²) in [5.74, 6) is -4.09. The van der Waals surface area contributed by atoms with Gasteiger partial charge in [0.05, 0.1) is 22.0 Å². The summed E-state index contributed by atoms with van der Waals surface area (Å²) in [6.45, 7) is 0.472. The summed E-state index contributed by atoms with van der Waals surface area (Å²) in [6, 6.07) is 7.17. The highest BCUT2D eigenvalue weighted by Gasteiger charge is 2.22. The van der Waals surface area contributed by atoms with Crippen LogP contribution in [0.4, 0.5) is 18.9 Å². The van der Waals surface area contributed by atoms with Crippen molar-refractivity contribution in [3.8, 4) is 11.4 Å². The van der Waals surface area contributed by atoms with Crippen molar-refractivity contribution in [3.05, 3.63) is 69.1 Å². The van der Waals surface area contributed by atoms with E-state index in [9.17, 15) is 32.7 Å². The molecule has 0 atom stereocenters. The molecule has 9 nitrogen and oxygen atoms in total. The molecule has 0 aliphatic carbocycles. The summed E-state index contributed by atoms with van der Waals surface area (Å²) in [6.07, 6.45) is -2.88. The number of carboxylic acids is 1. The number of carboxylic acid groups (broad SMARTS) is 1. The third kappa shape index (κ3) is 5.00. The zero-order chi connectivity index (χ0) is 24.3. The number of aromatic nitrogens is 3. The Morgan fingerprint density at radius 3 is 2.58 bits per heavy atom. The van der Waals surface area contributed by atoms with Crippen LogP contribution in [0.15, 0.2) is 41.2 Å². The van der Waals surface area contributed by atoms with Gasteiger partial charge in [-0.15, -0.1) is 5.10 Å². The molecule has 0 spiro atoms. The molecule has 33 heavy (non-hydrogen) atoms. The lowest BCUT2D eigenvalue weighted by molar-refractivity contribution is 0.0677. The maximum atomic E-state index is 14.0. The molecule has 2 N–H and O–H groups in total. The molecule has 1 heterocycles. The van der Waals surface area contributed by atoms with Crippen LogP contribution in [-0.2, 0) is 6.54 Å². The normalized spacial score (nSPS) is 11.0. The first-order valence-corrected chi connectivity index (χ1v) is 9.75. The van der Waals surface area contributed by atoms with Crippen LogP contribution < -0.4 is 15.7 Å². The predicted octanol–water partition coefficient (Wildman–Crippen LogP) is 3.44. The lowest BCUT2D eigenvalue weighted by Crippen LogP contribution is -2.25. The van der Waals surface area contributed by atoms with Crippen LogP contribution in [0.25, 0.3) is 5.69 Å². The van der Waals surface area contributed by atoms with E-state index in [2.05, 4.69) is 10.4 Å². The van der Waals surface area contributed by atoms with E-state index in [1.54, 1.807) is 0 Å². The highest BCUT2D eigenvalue weighted by atomic mass is 35.5. The van der Waals surface area contributed by atoms with E-state index in [1.165, 1.54) is 25.1 Å². The molecule has 0 fully saturated rings. The van der Waals surface area contributed by atoms with E-state index in [0.29, 0.717) is 0 Å². The molecule has 0 bridgehead atoms. The van der Waals surface area contributed by atoms with E-state index in [0.717, 1.165) is 27.4 Å². The number of nitrogens with one attached hydrogen (secondary N) is 1. The molecule has 0 aliphatic heterocycles. The molecule has 0 saturated carbocycles. The van der Waals surface area contributed by atoms with Crippen LogP contribution in [0.5, 0.6) is 5.75 Å². The van der Waals surface area contributed by atoms with E-state index in [1.807, 2.05) is 0 Å². The number of halogens is 4. The summed E-state index contributed by atoms with van der Waals surface area (Å²) in [5, 5.41) is 15.2. The number of alkyl halides is 2. The Labute approximate surface area is 189 Å². The van der Waals surface area contributed by atoms with Crippen molar-refractivity contribution in [1.29, 1.82) is 0 Å². The Morgan fingerprint density at radius 1 is 1.27 bits per heavy atom. The maximum absolute atomic E-state index is 14.0. The summed E-state index contributed by atoms with van der Waals surface area (Å²) in [5.41, 5.74) is -1.43. The van der Waals surface area contributed by atoms with Crippen molar-refractivity contribution in [2.24, 2.45) is 0 Å². The van der Waals surface area contributed by atoms with Gasteiger partial charge >= 0.3 is 11.7 Å². The first kappa shape index (κ1) is 23.9. The van der Waals surface area contributed by atoms with Gasteiger partial charge in [-0.2, -0.15) is 4.68 Å². The lowest BCUT2D eigenvalue weighted by atomic mass is 10.1. The van der Waals surface area contributed by atoms with Crippen LogP contribution in [0.2, 0.25) is 5.02 Å². The number of amides is 1. The summed E-state index contributed by atoms with van der Waals surface area (Å²) >= 11 is 5.90. The molecule has 1 amide bonds. The first-order valence-electron chi connectivity index (χ1n) is 9.37. The molecule has 0 aliphatic rings. The van der Waals surface area contributed by atoms with Crippen molar-refractivity contribution in [1.82, 2.24) is 14.3 Å². The van der Waals surface area contributed by atoms with Crippen LogP contribution >= 0.6 is 11.6 Å². The minimum absolute atomic E-state index is 0.0130. The summed E-state index contributed by atoms with van der Waals surface area (Å²) in [4.78, 5) is 36.6. The first-order chi connectivity index (χ1) is 15.6. The fourth-order valence-corrected chi connectivity index (χ4v) is 3.12. The second-order valence-electron chi connectivity index (χ2n) is 6.50. The highest BCUT2D eigenvalue weighted by Crippen LogP contribution is 2.28. The zero-order valence-electron chi connectivity index (χ0n) is 16.9. The quantitative estimate of drug-likeness (QED) is 0.506. The molecular formula is C20H16ClF3N4O5.